The molecule has 1 aliphatic heterocycles. The zero-order chi connectivity index (χ0) is 8.32. The summed E-state index contributed by atoms with van der Waals surface area (Å²) in [7, 11) is 0. The number of ether oxygens (including phenoxy) is 1. The first-order valence-electron chi connectivity index (χ1n) is 3.40. The summed E-state index contributed by atoms with van der Waals surface area (Å²) < 4.78 is 4.98. The van der Waals surface area contributed by atoms with Crippen molar-refractivity contribution in [3.05, 3.63) is 0 Å². The molecule has 4 N–H and O–H groups in total. The average molecular weight is 176 g/mol. The highest BCUT2D eigenvalue weighted by molar-refractivity contribution is 7.80. The van der Waals surface area contributed by atoms with Gasteiger partial charge in [0.2, 0.25) is 0 Å². The van der Waals surface area contributed by atoms with Crippen molar-refractivity contribution in [2.45, 2.75) is 0 Å². The fourth-order valence-corrected chi connectivity index (χ4v) is 0.987. The zero-order valence-electron chi connectivity index (χ0n) is 6.17. The van der Waals surface area contributed by atoms with Crippen LogP contribution in [0.2, 0.25) is 0 Å². The van der Waals surface area contributed by atoms with E-state index in [1.165, 1.54) is 0 Å². The monoisotopic (exact) mass is 176 g/mol. The van der Waals surface area contributed by atoms with E-state index in [9.17, 15) is 0 Å². The second kappa shape index (κ2) is 3.34. The number of rotatable bonds is 3. The molecule has 0 aromatic carbocycles. The predicted molar refractivity (Wildman–Crippen MR) is 45.1 cm³/mol. The highest BCUT2D eigenvalue weighted by Gasteiger charge is 2.37. The smallest absolute Gasteiger partial charge is 0.163 e. The van der Waals surface area contributed by atoms with Gasteiger partial charge in [-0.1, -0.05) is 0 Å². The summed E-state index contributed by atoms with van der Waals surface area (Å²) >= 11 is 4.63. The van der Waals surface area contributed by atoms with Crippen LogP contribution < -0.4 is 11.1 Å². The Bertz CT molecular complexity index is 153. The number of thiocarbonyl (C=S) groups is 1. The molecule has 0 amide bonds. The summed E-state index contributed by atoms with van der Waals surface area (Å²) in [5.41, 5.74) is 5.08. The van der Waals surface area contributed by atoms with Crippen LogP contribution in [0.4, 0.5) is 0 Å². The Hall–Kier alpha value is -0.390. The third-order valence-electron chi connectivity index (χ3n) is 1.79. The molecule has 0 aliphatic carbocycles. The highest BCUT2D eigenvalue weighted by Crippen LogP contribution is 2.25. The van der Waals surface area contributed by atoms with Gasteiger partial charge >= 0.3 is 0 Å². The van der Waals surface area contributed by atoms with E-state index in [0.29, 0.717) is 19.8 Å². The number of aliphatic hydroxyl groups is 1. The fraction of sp³-hybridized carbons (Fsp3) is 0.833. The summed E-state index contributed by atoms with van der Waals surface area (Å²) in [5.74, 6) is 0. The molecule has 64 valence electrons. The van der Waals surface area contributed by atoms with Gasteiger partial charge in [-0.25, -0.2) is 0 Å². The zero-order valence-corrected chi connectivity index (χ0v) is 6.99. The molecular weight excluding hydrogens is 164 g/mol. The molecular formula is C6H12N2O2S. The van der Waals surface area contributed by atoms with E-state index in [2.05, 4.69) is 17.5 Å². The van der Waals surface area contributed by atoms with Crippen LogP contribution in [0.25, 0.3) is 0 Å². The van der Waals surface area contributed by atoms with Crippen molar-refractivity contribution in [3.8, 4) is 0 Å². The number of hydrogen-bond donors (Lipinski definition) is 3. The van der Waals surface area contributed by atoms with Crippen molar-refractivity contribution in [3.63, 3.8) is 0 Å². The highest BCUT2D eigenvalue weighted by atomic mass is 32.1. The maximum absolute atomic E-state index is 8.95. The summed E-state index contributed by atoms with van der Waals surface area (Å²) in [5, 5.41) is 12.0. The molecule has 0 aromatic heterocycles. The van der Waals surface area contributed by atoms with E-state index in [0.717, 1.165) is 0 Å². The Morgan fingerprint density at radius 2 is 2.36 bits per heavy atom. The van der Waals surface area contributed by atoms with Crippen LogP contribution in [0.5, 0.6) is 0 Å². The van der Waals surface area contributed by atoms with Crippen LogP contribution in [0.15, 0.2) is 0 Å². The maximum Gasteiger partial charge on any atom is 0.163 e. The molecule has 1 fully saturated rings. The Morgan fingerprint density at radius 1 is 1.73 bits per heavy atom. The summed E-state index contributed by atoms with van der Waals surface area (Å²) in [6.45, 7) is 1.87. The van der Waals surface area contributed by atoms with E-state index < -0.39 is 0 Å². The average Bonchev–Trinajstić information content (AvgIpc) is 1.86. The molecule has 0 unspecified atom stereocenters. The van der Waals surface area contributed by atoms with Crippen molar-refractivity contribution in [2.24, 2.45) is 11.1 Å². The van der Waals surface area contributed by atoms with Crippen LogP contribution in [0.3, 0.4) is 0 Å². The molecule has 5 heteroatoms. The lowest BCUT2D eigenvalue weighted by molar-refractivity contribution is -0.132. The lowest BCUT2D eigenvalue weighted by Gasteiger charge is -2.39. The van der Waals surface area contributed by atoms with E-state index in [1.807, 2.05) is 0 Å². The van der Waals surface area contributed by atoms with E-state index in [-0.39, 0.29) is 17.1 Å². The first kappa shape index (κ1) is 8.70. The Labute approximate surface area is 70.7 Å². The topological polar surface area (TPSA) is 67.5 Å². The van der Waals surface area contributed by atoms with Crippen LogP contribution in [0, 0.1) is 5.41 Å². The molecule has 4 nitrogen and oxygen atoms in total. The van der Waals surface area contributed by atoms with Gasteiger partial charge in [-0.05, 0) is 12.2 Å². The third-order valence-corrected chi connectivity index (χ3v) is 1.93. The molecule has 0 spiro atoms. The lowest BCUT2D eigenvalue weighted by atomic mass is 9.87. The maximum atomic E-state index is 8.95. The molecule has 1 rings (SSSR count). The number of nitrogens with one attached hydrogen (secondary N) is 1. The number of hydrogen-bond acceptors (Lipinski definition) is 3. The molecule has 11 heavy (non-hydrogen) atoms. The second-order valence-electron chi connectivity index (χ2n) is 2.87. The van der Waals surface area contributed by atoms with Crippen molar-refractivity contribution in [2.75, 3.05) is 26.4 Å². The van der Waals surface area contributed by atoms with Gasteiger partial charge in [0.15, 0.2) is 5.11 Å². The van der Waals surface area contributed by atoms with Crippen LogP contribution >= 0.6 is 12.2 Å². The Morgan fingerprint density at radius 3 is 2.64 bits per heavy atom. The van der Waals surface area contributed by atoms with E-state index in [1.54, 1.807) is 0 Å². The lowest BCUT2D eigenvalue weighted by Crippen LogP contribution is -2.53. The molecule has 1 heterocycles. The molecule has 1 aliphatic rings. The van der Waals surface area contributed by atoms with Gasteiger partial charge in [-0.2, -0.15) is 0 Å². The van der Waals surface area contributed by atoms with Gasteiger partial charge in [-0.15, -0.1) is 0 Å². The molecule has 0 aromatic rings. The van der Waals surface area contributed by atoms with Crippen molar-refractivity contribution in [1.82, 2.24) is 5.32 Å². The fourth-order valence-electron chi connectivity index (χ4n) is 0.915. The van der Waals surface area contributed by atoms with Gasteiger partial charge in [-0.3, -0.25) is 0 Å². The van der Waals surface area contributed by atoms with Gasteiger partial charge in [0, 0.05) is 6.54 Å². The summed E-state index contributed by atoms with van der Waals surface area (Å²) in [6.07, 6.45) is 0. The van der Waals surface area contributed by atoms with Gasteiger partial charge < -0.3 is 20.9 Å². The molecule has 1 saturated heterocycles. The first-order chi connectivity index (χ1) is 5.18. The summed E-state index contributed by atoms with van der Waals surface area (Å²) in [4.78, 5) is 0. The second-order valence-corrected chi connectivity index (χ2v) is 3.31. The molecule has 0 bridgehead atoms. The van der Waals surface area contributed by atoms with Crippen molar-refractivity contribution in [1.29, 1.82) is 0 Å². The van der Waals surface area contributed by atoms with E-state index >= 15 is 0 Å². The third kappa shape index (κ3) is 2.02. The van der Waals surface area contributed by atoms with Crippen LogP contribution in [-0.4, -0.2) is 36.6 Å². The van der Waals surface area contributed by atoms with Gasteiger partial charge in [0.05, 0.1) is 25.2 Å². The first-order valence-corrected chi connectivity index (χ1v) is 3.81. The quantitative estimate of drug-likeness (QED) is 0.473. The number of aliphatic hydroxyl groups excluding tert-OH is 1. The normalized spacial score (nSPS) is 20.5. The van der Waals surface area contributed by atoms with Gasteiger partial charge in [0.25, 0.3) is 0 Å². The molecule has 0 radical (unpaired) electrons. The number of nitrogens with two attached hydrogens (primary N) is 1. The van der Waals surface area contributed by atoms with Crippen molar-refractivity contribution < 1.29 is 9.84 Å². The van der Waals surface area contributed by atoms with Gasteiger partial charge in [0.1, 0.15) is 0 Å². The standard InChI is InChI=1S/C6H12N2O2S/c7-5(11)8-1-6(2-9)3-10-4-6/h9H,1-4H2,(H3,7,8,11). The van der Waals surface area contributed by atoms with Crippen LogP contribution in [-0.2, 0) is 4.74 Å². The SMILES string of the molecule is NC(=S)NCC1(CO)COC1. The molecule has 0 atom stereocenters. The van der Waals surface area contributed by atoms with Crippen LogP contribution in [0.1, 0.15) is 0 Å². The minimum Gasteiger partial charge on any atom is -0.396 e. The summed E-state index contributed by atoms with van der Waals surface area (Å²) in [6, 6.07) is 0. The largest absolute Gasteiger partial charge is 0.396 e. The minimum absolute atomic E-state index is 0.114. The van der Waals surface area contributed by atoms with Crippen molar-refractivity contribution >= 4 is 17.3 Å². The Balaban J connectivity index is 2.27. The minimum atomic E-state index is -0.149. The molecule has 0 saturated carbocycles. The van der Waals surface area contributed by atoms with E-state index in [4.69, 9.17) is 15.6 Å². The Kier molecular flexibility index (Phi) is 2.64. The predicted octanol–water partition coefficient (Wildman–Crippen LogP) is -1.17.